The van der Waals surface area contributed by atoms with Gasteiger partial charge in [0.05, 0.1) is 17.4 Å². The van der Waals surface area contributed by atoms with Gasteiger partial charge in [-0.3, -0.25) is 4.79 Å². The first-order valence-electron chi connectivity index (χ1n) is 8.56. The average molecular weight is 320 g/mol. The summed E-state index contributed by atoms with van der Waals surface area (Å²) in [4.78, 5) is 24.9. The van der Waals surface area contributed by atoms with Crippen LogP contribution in [0.25, 0.3) is 0 Å². The van der Waals surface area contributed by atoms with Crippen LogP contribution in [-0.2, 0) is 4.79 Å². The predicted molar refractivity (Wildman–Crippen MR) is 91.8 cm³/mol. The molecule has 0 amide bonds. The molecular formula is C20H20N2O2. The van der Waals surface area contributed by atoms with Gasteiger partial charge < -0.3 is 0 Å². The third-order valence-corrected chi connectivity index (χ3v) is 5.47. The van der Waals surface area contributed by atoms with E-state index >= 15 is 0 Å². The van der Waals surface area contributed by atoms with E-state index in [9.17, 15) is 9.70 Å². The number of hydrogen-bond donors (Lipinski definition) is 0. The number of fused-ring (bicyclic) bond motifs is 2. The van der Waals surface area contributed by atoms with Crippen LogP contribution in [0.5, 0.6) is 0 Å². The van der Waals surface area contributed by atoms with E-state index in [1.54, 1.807) is 5.01 Å². The summed E-state index contributed by atoms with van der Waals surface area (Å²) in [6.45, 7) is 0. The maximum Gasteiger partial charge on any atom is 0.143 e. The van der Waals surface area contributed by atoms with Crippen molar-refractivity contribution in [3.8, 4) is 0 Å². The van der Waals surface area contributed by atoms with Crippen LogP contribution < -0.4 is 0 Å². The molecule has 4 rings (SSSR count). The number of benzene rings is 2. The molecule has 1 saturated heterocycles. The largest absolute Gasteiger partial charge is 0.299 e. The molecule has 1 heterocycles. The summed E-state index contributed by atoms with van der Waals surface area (Å²) >= 11 is 0. The Morgan fingerprint density at radius 2 is 1.25 bits per heavy atom. The number of ketones is 1. The van der Waals surface area contributed by atoms with Crippen molar-refractivity contribution in [1.82, 2.24) is 5.01 Å². The molecule has 24 heavy (non-hydrogen) atoms. The summed E-state index contributed by atoms with van der Waals surface area (Å²) in [6, 6.07) is 19.2. The third-order valence-electron chi connectivity index (χ3n) is 5.47. The van der Waals surface area contributed by atoms with Crippen molar-refractivity contribution in [1.29, 1.82) is 0 Å². The molecular weight excluding hydrogens is 300 g/mol. The van der Waals surface area contributed by atoms with Crippen molar-refractivity contribution in [2.75, 3.05) is 0 Å². The van der Waals surface area contributed by atoms with E-state index in [0.717, 1.165) is 30.4 Å². The van der Waals surface area contributed by atoms with Crippen LogP contribution in [0.3, 0.4) is 0 Å². The predicted octanol–water partition coefficient (Wildman–Crippen LogP) is 4.45. The van der Waals surface area contributed by atoms with Gasteiger partial charge in [-0.1, -0.05) is 67.1 Å². The lowest BCUT2D eigenvalue weighted by molar-refractivity contribution is -0.144. The van der Waals surface area contributed by atoms with Crippen molar-refractivity contribution < 1.29 is 4.79 Å². The van der Waals surface area contributed by atoms with Gasteiger partial charge in [-0.15, -0.1) is 4.91 Å². The van der Waals surface area contributed by atoms with Crippen molar-refractivity contribution >= 4 is 5.78 Å². The summed E-state index contributed by atoms with van der Waals surface area (Å²) in [5.74, 6) is 0.0245. The van der Waals surface area contributed by atoms with Crippen LogP contribution in [0.2, 0.25) is 0 Å². The highest BCUT2D eigenvalue weighted by Crippen LogP contribution is 2.51. The normalized spacial score (nSPS) is 29.3. The molecule has 2 aliphatic rings. The van der Waals surface area contributed by atoms with Crippen molar-refractivity contribution in [3.05, 3.63) is 76.7 Å². The summed E-state index contributed by atoms with van der Waals surface area (Å²) in [5, 5.41) is 5.06. The molecule has 2 aromatic rings. The second kappa shape index (κ2) is 6.19. The number of nitrogens with zero attached hydrogens (tertiary/aromatic N) is 2. The molecule has 0 N–H and O–H groups in total. The second-order valence-electron chi connectivity index (χ2n) is 6.72. The summed E-state index contributed by atoms with van der Waals surface area (Å²) in [7, 11) is 0. The molecule has 2 aromatic carbocycles. The van der Waals surface area contributed by atoms with Crippen molar-refractivity contribution in [2.24, 2.45) is 17.1 Å². The fourth-order valence-electron chi connectivity index (χ4n) is 4.46. The molecule has 0 spiro atoms. The third kappa shape index (κ3) is 2.33. The van der Waals surface area contributed by atoms with E-state index in [1.807, 2.05) is 60.7 Å². The Balaban J connectivity index is 1.84. The van der Waals surface area contributed by atoms with Crippen LogP contribution in [0.4, 0.5) is 0 Å². The number of rotatable bonds is 3. The fraction of sp³-hybridized carbons (Fsp3) is 0.350. The molecule has 1 aliphatic heterocycles. The Labute approximate surface area is 141 Å². The quantitative estimate of drug-likeness (QED) is 0.785. The fourth-order valence-corrected chi connectivity index (χ4v) is 4.46. The highest BCUT2D eigenvalue weighted by Gasteiger charge is 2.51. The Hall–Kier alpha value is -2.49. The summed E-state index contributed by atoms with van der Waals surface area (Å²) < 4.78 is 0. The molecule has 1 saturated carbocycles. The molecule has 2 fully saturated rings. The van der Waals surface area contributed by atoms with Gasteiger partial charge >= 0.3 is 0 Å². The SMILES string of the molecule is O=NN1C(c2ccccc2)[C@@H]2CCC[C@@H](C2=O)C1c1ccccc1. The van der Waals surface area contributed by atoms with Crippen LogP contribution in [0, 0.1) is 16.7 Å². The van der Waals surface area contributed by atoms with Crippen LogP contribution in [0.15, 0.2) is 65.9 Å². The Morgan fingerprint density at radius 3 is 1.67 bits per heavy atom. The first kappa shape index (κ1) is 15.1. The van der Waals surface area contributed by atoms with E-state index in [4.69, 9.17) is 0 Å². The van der Waals surface area contributed by atoms with Crippen LogP contribution >= 0.6 is 0 Å². The zero-order chi connectivity index (χ0) is 16.5. The van der Waals surface area contributed by atoms with Gasteiger partial charge in [-0.05, 0) is 24.0 Å². The lowest BCUT2D eigenvalue weighted by atomic mass is 9.67. The van der Waals surface area contributed by atoms with Gasteiger partial charge in [0.2, 0.25) is 0 Å². The highest BCUT2D eigenvalue weighted by atomic mass is 16.3. The van der Waals surface area contributed by atoms with Gasteiger partial charge in [0.25, 0.3) is 0 Å². The van der Waals surface area contributed by atoms with Gasteiger partial charge in [0.1, 0.15) is 5.78 Å². The summed E-state index contributed by atoms with van der Waals surface area (Å²) in [6.07, 6.45) is 2.70. The minimum Gasteiger partial charge on any atom is -0.299 e. The van der Waals surface area contributed by atoms with Crippen molar-refractivity contribution in [3.63, 3.8) is 0 Å². The first-order chi connectivity index (χ1) is 11.8. The minimum absolute atomic E-state index is 0.135. The average Bonchev–Trinajstić information content (AvgIpc) is 2.63. The zero-order valence-corrected chi connectivity index (χ0v) is 13.4. The van der Waals surface area contributed by atoms with Crippen LogP contribution in [0.1, 0.15) is 42.5 Å². The van der Waals surface area contributed by atoms with Gasteiger partial charge in [-0.2, -0.15) is 0 Å². The van der Waals surface area contributed by atoms with E-state index < -0.39 is 0 Å². The van der Waals surface area contributed by atoms with Gasteiger partial charge in [0, 0.05) is 11.8 Å². The second-order valence-corrected chi connectivity index (χ2v) is 6.72. The van der Waals surface area contributed by atoms with E-state index in [1.165, 1.54) is 0 Å². The number of piperidine rings is 1. The lowest BCUT2D eigenvalue weighted by Gasteiger charge is -2.49. The number of carbonyl (C=O) groups excluding carboxylic acids is 1. The Morgan fingerprint density at radius 1 is 0.792 bits per heavy atom. The zero-order valence-electron chi connectivity index (χ0n) is 13.4. The molecule has 122 valence electrons. The Bertz CT molecular complexity index is 674. The molecule has 4 nitrogen and oxygen atoms in total. The standard InChI is InChI=1S/C20H20N2O2/c23-20-16-12-7-13-17(20)19(15-10-5-2-6-11-15)22(21-24)18(16)14-8-3-1-4-9-14/h1-6,8-11,16-19H,7,12-13H2/t16-,17+,18?,19?. The maximum atomic E-state index is 13.1. The smallest absolute Gasteiger partial charge is 0.143 e. The van der Waals surface area contributed by atoms with Crippen molar-refractivity contribution in [2.45, 2.75) is 31.3 Å². The van der Waals surface area contributed by atoms with E-state index in [-0.39, 0.29) is 23.9 Å². The molecule has 1 aliphatic carbocycles. The molecule has 4 heteroatoms. The van der Waals surface area contributed by atoms with Gasteiger partial charge in [0.15, 0.2) is 0 Å². The number of Topliss-reactive ketones (excluding diaryl/α,β-unsaturated/α-hetero) is 1. The first-order valence-corrected chi connectivity index (χ1v) is 8.56. The molecule has 0 radical (unpaired) electrons. The number of carbonyl (C=O) groups is 1. The van der Waals surface area contributed by atoms with E-state index in [0.29, 0.717) is 5.78 Å². The van der Waals surface area contributed by atoms with E-state index in [2.05, 4.69) is 5.29 Å². The topological polar surface area (TPSA) is 49.7 Å². The lowest BCUT2D eigenvalue weighted by Crippen LogP contribution is -2.50. The van der Waals surface area contributed by atoms with Crippen LogP contribution in [-0.4, -0.2) is 10.8 Å². The highest BCUT2D eigenvalue weighted by molar-refractivity contribution is 5.86. The number of hydrogen-bond acceptors (Lipinski definition) is 3. The number of nitroso groups, excluding NO2 is 1. The Kier molecular flexibility index (Phi) is 3.89. The molecule has 4 atom stereocenters. The molecule has 2 unspecified atom stereocenters. The molecule has 0 aromatic heterocycles. The summed E-state index contributed by atoms with van der Waals surface area (Å²) in [5.41, 5.74) is 1.99. The maximum absolute atomic E-state index is 13.1. The minimum atomic E-state index is -0.266. The molecule has 2 bridgehead atoms. The monoisotopic (exact) mass is 320 g/mol. The van der Waals surface area contributed by atoms with Gasteiger partial charge in [-0.25, -0.2) is 5.01 Å².